The van der Waals surface area contributed by atoms with E-state index in [1.165, 1.54) is 0 Å². The molecule has 0 aliphatic heterocycles. The van der Waals surface area contributed by atoms with Crippen molar-refractivity contribution in [2.24, 2.45) is 0 Å². The van der Waals surface area contributed by atoms with Gasteiger partial charge in [0.25, 0.3) is 0 Å². The maximum Gasteiger partial charge on any atom is 0.121 e. The molecule has 0 amide bonds. The van der Waals surface area contributed by atoms with Crippen LogP contribution in [0.2, 0.25) is 0 Å². The highest BCUT2D eigenvalue weighted by molar-refractivity contribution is 6.29. The average molecular weight is 240 g/mol. The minimum absolute atomic E-state index is 0.234. The van der Waals surface area contributed by atoms with Crippen LogP contribution in [0, 0.1) is 0 Å². The molecule has 1 aromatic rings. The summed E-state index contributed by atoms with van der Waals surface area (Å²) in [5.41, 5.74) is 0.989. The minimum Gasteiger partial charge on any atom is -0.491 e. The number of ether oxygens (including phenoxy) is 1. The molecule has 1 rings (SSSR count). The van der Waals surface area contributed by atoms with Crippen LogP contribution < -0.4 is 10.1 Å². The second-order valence-corrected chi connectivity index (χ2v) is 4.27. The second-order valence-electron chi connectivity index (χ2n) is 3.74. The third kappa shape index (κ3) is 4.58. The molecule has 1 atom stereocenters. The quantitative estimate of drug-likeness (QED) is 0.809. The number of benzene rings is 1. The summed E-state index contributed by atoms with van der Waals surface area (Å²) < 4.78 is 5.72. The summed E-state index contributed by atoms with van der Waals surface area (Å²) in [7, 11) is 0. The molecular weight excluding hydrogens is 222 g/mol. The van der Waals surface area contributed by atoms with Crippen LogP contribution in [0.3, 0.4) is 0 Å². The third-order valence-electron chi connectivity index (χ3n) is 2.23. The fourth-order valence-corrected chi connectivity index (χ4v) is 1.26. The molecular formula is C13H18ClNO. The Kier molecular flexibility index (Phi) is 5.20. The van der Waals surface area contributed by atoms with E-state index in [9.17, 15) is 0 Å². The van der Waals surface area contributed by atoms with Crippen molar-refractivity contribution in [3.63, 3.8) is 0 Å². The molecule has 0 aromatic heterocycles. The Morgan fingerprint density at radius 2 is 2.31 bits per heavy atom. The van der Waals surface area contributed by atoms with Gasteiger partial charge < -0.3 is 10.1 Å². The predicted octanol–water partition coefficient (Wildman–Crippen LogP) is 4.03. The van der Waals surface area contributed by atoms with Gasteiger partial charge in [0.05, 0.1) is 12.6 Å². The van der Waals surface area contributed by atoms with E-state index in [1.54, 1.807) is 0 Å². The minimum atomic E-state index is 0.234. The largest absolute Gasteiger partial charge is 0.491 e. The lowest BCUT2D eigenvalue weighted by Crippen LogP contribution is -2.10. The summed E-state index contributed by atoms with van der Waals surface area (Å²) in [4.78, 5) is 0. The summed E-state index contributed by atoms with van der Waals surface area (Å²) in [6, 6.07) is 7.85. The number of hydrogen-bond donors (Lipinski definition) is 1. The maximum atomic E-state index is 5.72. The molecule has 88 valence electrons. The van der Waals surface area contributed by atoms with Gasteiger partial charge in [-0.25, -0.2) is 0 Å². The van der Waals surface area contributed by atoms with Crippen molar-refractivity contribution in [2.45, 2.75) is 26.4 Å². The summed E-state index contributed by atoms with van der Waals surface area (Å²) >= 11 is 5.69. The number of nitrogens with one attached hydrogen (secondary N) is 1. The van der Waals surface area contributed by atoms with Crippen LogP contribution in [-0.2, 0) is 0 Å². The van der Waals surface area contributed by atoms with Gasteiger partial charge in [-0.1, -0.05) is 31.2 Å². The van der Waals surface area contributed by atoms with Gasteiger partial charge in [0, 0.05) is 16.8 Å². The number of rotatable bonds is 6. The molecule has 0 heterocycles. The van der Waals surface area contributed by atoms with Crippen molar-refractivity contribution < 1.29 is 4.74 Å². The molecule has 0 aliphatic rings. The first-order valence-corrected chi connectivity index (χ1v) is 5.83. The van der Waals surface area contributed by atoms with E-state index >= 15 is 0 Å². The summed E-state index contributed by atoms with van der Waals surface area (Å²) in [5, 5.41) is 3.76. The number of anilines is 1. The van der Waals surface area contributed by atoms with Crippen LogP contribution in [0.4, 0.5) is 5.69 Å². The highest BCUT2D eigenvalue weighted by atomic mass is 35.5. The Labute approximate surface area is 102 Å². The highest BCUT2D eigenvalue weighted by Gasteiger charge is 2.01. The fraction of sp³-hybridized carbons (Fsp3) is 0.385. The van der Waals surface area contributed by atoms with Crippen LogP contribution in [0.25, 0.3) is 0 Å². The zero-order valence-corrected chi connectivity index (χ0v) is 10.6. The van der Waals surface area contributed by atoms with Gasteiger partial charge in [0.15, 0.2) is 0 Å². The molecule has 1 N–H and O–H groups in total. The predicted molar refractivity (Wildman–Crippen MR) is 70.3 cm³/mol. The van der Waals surface area contributed by atoms with E-state index in [2.05, 4.69) is 25.7 Å². The average Bonchev–Trinajstić information content (AvgIpc) is 2.26. The lowest BCUT2D eigenvalue weighted by molar-refractivity contribution is 0.217. The zero-order valence-electron chi connectivity index (χ0n) is 9.79. The normalized spacial score (nSPS) is 11.9. The maximum absolute atomic E-state index is 5.72. The first-order valence-electron chi connectivity index (χ1n) is 5.45. The van der Waals surface area contributed by atoms with Gasteiger partial charge in [0.2, 0.25) is 0 Å². The van der Waals surface area contributed by atoms with Crippen molar-refractivity contribution in [1.82, 2.24) is 0 Å². The van der Waals surface area contributed by atoms with Crippen LogP contribution >= 0.6 is 11.6 Å². The molecule has 0 radical (unpaired) electrons. The van der Waals surface area contributed by atoms with E-state index in [0.29, 0.717) is 11.6 Å². The molecule has 1 aromatic carbocycles. The van der Waals surface area contributed by atoms with Crippen molar-refractivity contribution in [2.75, 3.05) is 11.9 Å². The van der Waals surface area contributed by atoms with E-state index in [0.717, 1.165) is 17.9 Å². The summed E-state index contributed by atoms with van der Waals surface area (Å²) in [6.45, 7) is 8.35. The molecule has 1 unspecified atom stereocenters. The van der Waals surface area contributed by atoms with Crippen molar-refractivity contribution in [3.8, 4) is 5.75 Å². The van der Waals surface area contributed by atoms with Crippen LogP contribution in [0.15, 0.2) is 35.9 Å². The molecule has 16 heavy (non-hydrogen) atoms. The van der Waals surface area contributed by atoms with Gasteiger partial charge >= 0.3 is 0 Å². The number of hydrogen-bond acceptors (Lipinski definition) is 2. The SMILES string of the molecule is C=C(Cl)CNc1cccc(OC(C)CC)c1. The van der Waals surface area contributed by atoms with E-state index in [-0.39, 0.29) is 6.10 Å². The summed E-state index contributed by atoms with van der Waals surface area (Å²) in [6.07, 6.45) is 1.23. The van der Waals surface area contributed by atoms with Gasteiger partial charge in [-0.3, -0.25) is 0 Å². The summed E-state index contributed by atoms with van der Waals surface area (Å²) in [5.74, 6) is 0.875. The molecule has 0 aliphatic carbocycles. The zero-order chi connectivity index (χ0) is 12.0. The Hall–Kier alpha value is -1.15. The topological polar surface area (TPSA) is 21.3 Å². The smallest absolute Gasteiger partial charge is 0.121 e. The molecule has 0 bridgehead atoms. The third-order valence-corrected chi connectivity index (χ3v) is 2.36. The molecule has 3 heteroatoms. The van der Waals surface area contributed by atoms with Gasteiger partial charge in [0.1, 0.15) is 5.75 Å². The second kappa shape index (κ2) is 6.44. The van der Waals surface area contributed by atoms with Gasteiger partial charge in [-0.2, -0.15) is 0 Å². The first kappa shape index (κ1) is 12.9. The number of halogens is 1. The lowest BCUT2D eigenvalue weighted by Gasteiger charge is -2.13. The first-order chi connectivity index (χ1) is 7.61. The van der Waals surface area contributed by atoms with Crippen molar-refractivity contribution in [3.05, 3.63) is 35.9 Å². The Morgan fingerprint density at radius 3 is 2.94 bits per heavy atom. The Balaban J connectivity index is 2.60. The molecule has 0 saturated carbocycles. The van der Waals surface area contributed by atoms with Crippen molar-refractivity contribution >= 4 is 17.3 Å². The highest BCUT2D eigenvalue weighted by Crippen LogP contribution is 2.19. The fourth-order valence-electron chi connectivity index (χ4n) is 1.19. The molecule has 0 fully saturated rings. The Bertz CT molecular complexity index is 352. The monoisotopic (exact) mass is 239 g/mol. The molecule has 2 nitrogen and oxygen atoms in total. The molecule has 0 saturated heterocycles. The van der Waals surface area contributed by atoms with Crippen LogP contribution in [-0.4, -0.2) is 12.6 Å². The standard InChI is InChI=1S/C13H18ClNO/c1-4-11(3)16-13-7-5-6-12(8-13)15-9-10(2)14/h5-8,11,15H,2,4,9H2,1,3H3. The van der Waals surface area contributed by atoms with Crippen molar-refractivity contribution in [1.29, 1.82) is 0 Å². The van der Waals surface area contributed by atoms with Gasteiger partial charge in [-0.05, 0) is 25.5 Å². The van der Waals surface area contributed by atoms with E-state index in [1.807, 2.05) is 24.3 Å². The van der Waals surface area contributed by atoms with E-state index in [4.69, 9.17) is 16.3 Å². The van der Waals surface area contributed by atoms with Crippen LogP contribution in [0.5, 0.6) is 5.75 Å². The van der Waals surface area contributed by atoms with E-state index < -0.39 is 0 Å². The van der Waals surface area contributed by atoms with Crippen LogP contribution in [0.1, 0.15) is 20.3 Å². The Morgan fingerprint density at radius 1 is 1.56 bits per heavy atom. The lowest BCUT2D eigenvalue weighted by atomic mass is 10.2. The molecule has 0 spiro atoms. The van der Waals surface area contributed by atoms with Gasteiger partial charge in [-0.15, -0.1) is 0 Å².